The van der Waals surface area contributed by atoms with E-state index in [1.807, 2.05) is 13.0 Å². The number of anilines is 2. The van der Waals surface area contributed by atoms with E-state index in [1.165, 1.54) is 83.0 Å². The number of nitrogens with two attached hydrogens (primary N) is 1. The van der Waals surface area contributed by atoms with Crippen LogP contribution in [-0.2, 0) is 0 Å². The average molecular weight is 786 g/mol. The van der Waals surface area contributed by atoms with Gasteiger partial charge < -0.3 is 16.0 Å². The molecule has 3 nitrogen and oxygen atoms in total. The van der Waals surface area contributed by atoms with Gasteiger partial charge in [-0.3, -0.25) is 0 Å². The van der Waals surface area contributed by atoms with E-state index in [2.05, 4.69) is 213 Å². The summed E-state index contributed by atoms with van der Waals surface area (Å²) >= 11 is 0. The maximum Gasteiger partial charge on any atom is 0.0796 e. The van der Waals surface area contributed by atoms with Crippen LogP contribution in [0.2, 0.25) is 0 Å². The SMILES string of the molecule is C=CCNc1c(C(C)CC)c2ccccc2c2cc(-c3cccc(-c4cccc(-c5cccc(C(c6ccccc6)N(CCC)c6ccccc6)c5)c4)c3)ccc12.CCN. The monoisotopic (exact) mass is 785 g/mol. The lowest BCUT2D eigenvalue weighted by atomic mass is 9.86. The molecular formula is C57H59N3. The maximum atomic E-state index is 4.85. The molecule has 8 aromatic rings. The minimum atomic E-state index is 0.0860. The highest BCUT2D eigenvalue weighted by atomic mass is 15.2. The van der Waals surface area contributed by atoms with E-state index in [0.29, 0.717) is 5.92 Å². The van der Waals surface area contributed by atoms with Gasteiger partial charge in [-0.2, -0.15) is 0 Å². The summed E-state index contributed by atoms with van der Waals surface area (Å²) in [6.07, 6.45) is 4.08. The van der Waals surface area contributed by atoms with Crippen LogP contribution in [0.1, 0.15) is 69.2 Å². The largest absolute Gasteiger partial charge is 0.381 e. The summed E-state index contributed by atoms with van der Waals surface area (Å²) in [6.45, 7) is 15.2. The summed E-state index contributed by atoms with van der Waals surface area (Å²) in [5.74, 6) is 0.427. The molecule has 0 aliphatic carbocycles. The van der Waals surface area contributed by atoms with Gasteiger partial charge in [0.05, 0.1) is 6.04 Å². The van der Waals surface area contributed by atoms with Crippen LogP contribution >= 0.6 is 0 Å². The van der Waals surface area contributed by atoms with Gasteiger partial charge in [-0.05, 0) is 128 Å². The van der Waals surface area contributed by atoms with E-state index < -0.39 is 0 Å². The molecule has 2 unspecified atom stereocenters. The third kappa shape index (κ3) is 9.08. The van der Waals surface area contributed by atoms with Crippen molar-refractivity contribution in [2.45, 2.75) is 52.5 Å². The van der Waals surface area contributed by atoms with Crippen molar-refractivity contribution in [1.29, 1.82) is 0 Å². The van der Waals surface area contributed by atoms with Gasteiger partial charge in [-0.15, -0.1) is 6.58 Å². The van der Waals surface area contributed by atoms with Crippen molar-refractivity contribution in [2.24, 2.45) is 5.73 Å². The molecule has 3 N–H and O–H groups in total. The molecule has 0 spiro atoms. The zero-order valence-corrected chi connectivity index (χ0v) is 35.7. The van der Waals surface area contributed by atoms with Gasteiger partial charge in [0.2, 0.25) is 0 Å². The van der Waals surface area contributed by atoms with Crippen molar-refractivity contribution in [2.75, 3.05) is 29.9 Å². The van der Waals surface area contributed by atoms with Crippen LogP contribution in [0.5, 0.6) is 0 Å². The minimum Gasteiger partial charge on any atom is -0.381 e. The number of hydrogen-bond donors (Lipinski definition) is 2. The predicted molar refractivity (Wildman–Crippen MR) is 262 cm³/mol. The zero-order chi connectivity index (χ0) is 41.8. The number of rotatable bonds is 14. The van der Waals surface area contributed by atoms with E-state index in [-0.39, 0.29) is 6.04 Å². The van der Waals surface area contributed by atoms with Gasteiger partial charge in [-0.1, -0.05) is 173 Å². The van der Waals surface area contributed by atoms with E-state index >= 15 is 0 Å². The van der Waals surface area contributed by atoms with Crippen LogP contribution in [0, 0.1) is 0 Å². The molecule has 60 heavy (non-hydrogen) atoms. The molecule has 0 bridgehead atoms. The van der Waals surface area contributed by atoms with Crippen molar-refractivity contribution < 1.29 is 0 Å². The summed E-state index contributed by atoms with van der Waals surface area (Å²) in [7, 11) is 0. The smallest absolute Gasteiger partial charge is 0.0796 e. The molecule has 0 aromatic heterocycles. The molecule has 8 rings (SSSR count). The highest BCUT2D eigenvalue weighted by Crippen LogP contribution is 2.43. The molecule has 0 heterocycles. The van der Waals surface area contributed by atoms with E-state index in [1.54, 1.807) is 0 Å². The Morgan fingerprint density at radius 1 is 0.550 bits per heavy atom. The molecule has 0 aliphatic rings. The highest BCUT2D eigenvalue weighted by molar-refractivity contribution is 6.16. The molecule has 0 amide bonds. The second-order valence-corrected chi connectivity index (χ2v) is 15.6. The first kappa shape index (κ1) is 41.7. The van der Waals surface area contributed by atoms with Crippen LogP contribution in [0.25, 0.3) is 54.9 Å². The second-order valence-electron chi connectivity index (χ2n) is 15.6. The number of hydrogen-bond acceptors (Lipinski definition) is 3. The summed E-state index contributed by atoms with van der Waals surface area (Å²) in [6, 6.07) is 64.9. The first-order valence-electron chi connectivity index (χ1n) is 21.7. The van der Waals surface area contributed by atoms with Gasteiger partial charge >= 0.3 is 0 Å². The Balaban J connectivity index is 0.00000176. The van der Waals surface area contributed by atoms with E-state index in [0.717, 1.165) is 32.5 Å². The third-order valence-corrected chi connectivity index (χ3v) is 11.5. The second kappa shape index (κ2) is 20.0. The lowest BCUT2D eigenvalue weighted by Gasteiger charge is -2.35. The zero-order valence-electron chi connectivity index (χ0n) is 35.7. The summed E-state index contributed by atoms with van der Waals surface area (Å²) in [5.41, 5.74) is 18.5. The Labute approximate surface area is 358 Å². The fourth-order valence-corrected chi connectivity index (χ4v) is 8.58. The molecule has 302 valence electrons. The van der Waals surface area contributed by atoms with Crippen molar-refractivity contribution in [3.63, 3.8) is 0 Å². The Morgan fingerprint density at radius 2 is 1.07 bits per heavy atom. The Kier molecular flexibility index (Phi) is 13.9. The molecule has 0 radical (unpaired) electrons. The Morgan fingerprint density at radius 3 is 1.65 bits per heavy atom. The minimum absolute atomic E-state index is 0.0860. The first-order chi connectivity index (χ1) is 29.5. The molecule has 0 fully saturated rings. The predicted octanol–water partition coefficient (Wildman–Crippen LogP) is 15.1. The molecule has 0 saturated carbocycles. The Hall–Kier alpha value is -6.42. The van der Waals surface area contributed by atoms with Crippen molar-refractivity contribution in [3.05, 3.63) is 205 Å². The Bertz CT molecular complexity index is 2650. The fraction of sp³-hybridized carbons (Fsp3) is 0.193. The fourth-order valence-electron chi connectivity index (χ4n) is 8.58. The average Bonchev–Trinajstić information content (AvgIpc) is 3.31. The number of para-hydroxylation sites is 1. The summed E-state index contributed by atoms with van der Waals surface area (Å²) in [5, 5.41) is 8.90. The van der Waals surface area contributed by atoms with Crippen molar-refractivity contribution in [1.82, 2.24) is 0 Å². The molecular weight excluding hydrogens is 727 g/mol. The topological polar surface area (TPSA) is 41.3 Å². The number of nitrogens with zero attached hydrogens (tertiary/aromatic N) is 1. The first-order valence-corrected chi connectivity index (χ1v) is 21.7. The van der Waals surface area contributed by atoms with Gasteiger partial charge in [0.15, 0.2) is 0 Å². The lowest BCUT2D eigenvalue weighted by molar-refractivity contribution is 0.689. The highest BCUT2D eigenvalue weighted by Gasteiger charge is 2.23. The van der Waals surface area contributed by atoms with Crippen molar-refractivity contribution >= 4 is 32.9 Å². The standard InChI is InChI=1S/C55H52N2.C2H7N/c1-5-33-56-54-51-32-31-46(38-52(51)49-29-14-15-30-50(49)53(54)39(4)7-3)44-24-17-22-42(36-44)41-21-16-23-43(35-41)45-25-18-26-47(37-45)55(40-19-10-8-11-20-40)57(34-6-2)48-27-12-9-13-28-48;1-2-3/h5,8-32,35-39,55-56H,1,6-7,33-34H2,2-4H3;2-3H2,1H3. The number of nitrogens with one attached hydrogen (secondary N) is 1. The normalized spacial score (nSPS) is 12.0. The van der Waals surface area contributed by atoms with Gasteiger partial charge in [0.1, 0.15) is 0 Å². The van der Waals surface area contributed by atoms with Crippen LogP contribution in [0.4, 0.5) is 11.4 Å². The maximum absolute atomic E-state index is 4.85. The van der Waals surface area contributed by atoms with E-state index in [9.17, 15) is 0 Å². The van der Waals surface area contributed by atoms with Gasteiger partial charge in [0.25, 0.3) is 0 Å². The van der Waals surface area contributed by atoms with Crippen LogP contribution in [-0.4, -0.2) is 19.6 Å². The lowest BCUT2D eigenvalue weighted by Crippen LogP contribution is -2.30. The quantitative estimate of drug-likeness (QED) is 0.0852. The molecule has 8 aromatic carbocycles. The van der Waals surface area contributed by atoms with Gasteiger partial charge in [0, 0.05) is 29.9 Å². The van der Waals surface area contributed by atoms with Crippen LogP contribution in [0.3, 0.4) is 0 Å². The molecule has 3 heteroatoms. The summed E-state index contributed by atoms with van der Waals surface area (Å²) in [4.78, 5) is 2.55. The molecule has 2 atom stereocenters. The number of benzene rings is 8. The van der Waals surface area contributed by atoms with Crippen molar-refractivity contribution in [3.8, 4) is 33.4 Å². The third-order valence-electron chi connectivity index (χ3n) is 11.5. The van der Waals surface area contributed by atoms with Gasteiger partial charge in [-0.25, -0.2) is 0 Å². The van der Waals surface area contributed by atoms with Crippen LogP contribution < -0.4 is 16.0 Å². The van der Waals surface area contributed by atoms with Crippen LogP contribution in [0.15, 0.2) is 189 Å². The molecule has 0 saturated heterocycles. The molecule has 0 aliphatic heterocycles. The summed E-state index contributed by atoms with van der Waals surface area (Å²) < 4.78 is 0. The number of fused-ring (bicyclic) bond motifs is 3. The van der Waals surface area contributed by atoms with E-state index in [4.69, 9.17) is 5.73 Å².